The van der Waals surface area contributed by atoms with E-state index in [-0.39, 0.29) is 18.4 Å². The van der Waals surface area contributed by atoms with Crippen molar-refractivity contribution in [3.05, 3.63) is 64.4 Å². The number of rotatable bonds is 9. The molecule has 2 aromatic rings. The maximum atomic E-state index is 13.2. The van der Waals surface area contributed by atoms with Gasteiger partial charge in [0.05, 0.1) is 11.5 Å². The van der Waals surface area contributed by atoms with E-state index in [4.69, 9.17) is 5.11 Å². The Hall–Kier alpha value is -3.66. The number of amides is 3. The molecule has 10 heteroatoms. The van der Waals surface area contributed by atoms with Crippen molar-refractivity contribution in [3.8, 4) is 0 Å². The quantitative estimate of drug-likeness (QED) is 0.168. The van der Waals surface area contributed by atoms with Crippen LogP contribution in [-0.4, -0.2) is 52.9 Å². The van der Waals surface area contributed by atoms with Crippen molar-refractivity contribution in [1.29, 1.82) is 0 Å². The lowest BCUT2D eigenvalue weighted by Crippen LogP contribution is -2.41. The zero-order chi connectivity index (χ0) is 24.8. The number of anilines is 1. The minimum atomic E-state index is -1.33. The number of hydrogen-bond acceptors (Lipinski definition) is 7. The Kier molecular flexibility index (Phi) is 8.36. The lowest BCUT2D eigenvalue weighted by Gasteiger charge is -2.23. The molecule has 1 heterocycles. The van der Waals surface area contributed by atoms with E-state index in [2.05, 4.69) is 26.1 Å². The van der Waals surface area contributed by atoms with Gasteiger partial charge in [-0.2, -0.15) is 0 Å². The van der Waals surface area contributed by atoms with Crippen LogP contribution in [0.4, 0.5) is 5.00 Å². The number of aliphatic carboxylic acids is 1. The van der Waals surface area contributed by atoms with Gasteiger partial charge < -0.3 is 20.4 Å². The molecule has 1 aromatic heterocycles. The Morgan fingerprint density at radius 3 is 2.21 bits per heavy atom. The Morgan fingerprint density at radius 2 is 1.73 bits per heavy atom. The van der Waals surface area contributed by atoms with Gasteiger partial charge in [0.1, 0.15) is 6.54 Å². The summed E-state index contributed by atoms with van der Waals surface area (Å²) in [5.41, 5.74) is 0.888. The Bertz CT molecular complexity index is 1040. The third-order valence-electron chi connectivity index (χ3n) is 4.78. The molecule has 0 saturated heterocycles. The average Bonchev–Trinajstić information content (AvgIpc) is 3.30. The Morgan fingerprint density at radius 1 is 1.09 bits per heavy atom. The van der Waals surface area contributed by atoms with Crippen LogP contribution in [0.3, 0.4) is 0 Å². The number of aliphatic hydroxyl groups is 1. The van der Waals surface area contributed by atoms with Gasteiger partial charge >= 0.3 is 5.97 Å². The lowest BCUT2D eigenvalue weighted by atomic mass is 9.87. The van der Waals surface area contributed by atoms with Crippen molar-refractivity contribution in [2.75, 3.05) is 18.5 Å². The molecule has 0 saturated carbocycles. The first-order valence-electron chi connectivity index (χ1n) is 10.0. The second kappa shape index (κ2) is 10.8. The van der Waals surface area contributed by atoms with Crippen LogP contribution in [0, 0.1) is 0 Å². The van der Waals surface area contributed by atoms with Crippen LogP contribution in [0.2, 0.25) is 0 Å². The van der Waals surface area contributed by atoms with Gasteiger partial charge in [0.2, 0.25) is 12.3 Å². The molecule has 0 unspecified atom stereocenters. The van der Waals surface area contributed by atoms with Crippen molar-refractivity contribution in [2.45, 2.75) is 32.7 Å². The van der Waals surface area contributed by atoms with Crippen molar-refractivity contribution in [1.82, 2.24) is 10.2 Å². The first-order chi connectivity index (χ1) is 15.5. The van der Waals surface area contributed by atoms with E-state index in [0.29, 0.717) is 10.6 Å². The molecule has 0 bridgehead atoms. The summed E-state index contributed by atoms with van der Waals surface area (Å²) < 4.78 is 0. The molecule has 0 atom stereocenters. The van der Waals surface area contributed by atoms with Gasteiger partial charge in [-0.15, -0.1) is 11.3 Å². The maximum Gasteiger partial charge on any atom is 0.322 e. The van der Waals surface area contributed by atoms with Crippen molar-refractivity contribution in [3.63, 3.8) is 0 Å². The summed E-state index contributed by atoms with van der Waals surface area (Å²) in [6.45, 7) is 5.27. The maximum absolute atomic E-state index is 13.2. The van der Waals surface area contributed by atoms with Crippen molar-refractivity contribution >= 4 is 40.5 Å². The zero-order valence-corrected chi connectivity index (χ0v) is 19.7. The molecule has 2 rings (SSSR count). The second-order valence-corrected chi connectivity index (χ2v) is 9.20. The normalized spacial score (nSPS) is 11.9. The number of nitrogens with one attached hydrogen (secondary N) is 1. The van der Waals surface area contributed by atoms with Crippen LogP contribution in [0.1, 0.15) is 31.9 Å². The van der Waals surface area contributed by atoms with E-state index >= 15 is 0 Å². The molecule has 0 aliphatic heterocycles. The first-order valence-corrected chi connectivity index (χ1v) is 10.9. The monoisotopic (exact) mass is 473 g/mol. The standard InChI is InChI=1S/C23H27N3O6S/c1-23(2,3)16-9-7-15(8-10-16)13-26(14-27)22(32)19(20(30)24-12-18(28)29)21(31)25(4)17-6-5-11-33-17/h5-11,14,31H,12-13H2,1-4H3,(H,24,30)(H,28,29)/b21-19+. The number of carbonyl (C=O) groups is 4. The number of benzene rings is 1. The van der Waals surface area contributed by atoms with E-state index in [1.807, 2.05) is 12.1 Å². The van der Waals surface area contributed by atoms with Crippen LogP contribution in [-0.2, 0) is 31.1 Å². The van der Waals surface area contributed by atoms with Gasteiger partial charge in [0, 0.05) is 7.05 Å². The number of aliphatic hydroxyl groups excluding tert-OH is 1. The number of thiophene rings is 1. The van der Waals surface area contributed by atoms with Gasteiger partial charge in [-0.1, -0.05) is 45.0 Å². The molecule has 0 spiro atoms. The third-order valence-corrected chi connectivity index (χ3v) is 5.72. The summed E-state index contributed by atoms with van der Waals surface area (Å²) in [7, 11) is 1.44. The van der Waals surface area contributed by atoms with Crippen molar-refractivity contribution < 1.29 is 29.4 Å². The number of carbonyl (C=O) groups excluding carboxylic acids is 3. The molecule has 33 heavy (non-hydrogen) atoms. The fraction of sp³-hybridized carbons (Fsp3) is 0.304. The molecule has 9 nitrogen and oxygen atoms in total. The molecule has 3 amide bonds. The van der Waals surface area contributed by atoms with Gasteiger partial charge in [0.15, 0.2) is 5.57 Å². The molecule has 0 fully saturated rings. The number of nitrogens with zero attached hydrogens (tertiary/aromatic N) is 2. The topological polar surface area (TPSA) is 127 Å². The molecular weight excluding hydrogens is 446 g/mol. The summed E-state index contributed by atoms with van der Waals surface area (Å²) >= 11 is 1.25. The van der Waals surface area contributed by atoms with E-state index in [1.165, 1.54) is 23.3 Å². The van der Waals surface area contributed by atoms with Gasteiger partial charge in [-0.25, -0.2) is 0 Å². The molecular formula is C23H27N3O6S. The Balaban J connectivity index is 2.38. The average molecular weight is 474 g/mol. The van der Waals surface area contributed by atoms with Crippen LogP contribution < -0.4 is 10.2 Å². The summed E-state index contributed by atoms with van der Waals surface area (Å²) in [5.74, 6) is -4.21. The fourth-order valence-electron chi connectivity index (χ4n) is 2.88. The number of carboxylic acid groups (broad SMARTS) is 1. The SMILES string of the molecule is CN(/C(O)=C(/C(=O)NCC(=O)O)C(=O)N(C=O)Cc1ccc(C(C)(C)C)cc1)c1cccs1. The summed E-state index contributed by atoms with van der Waals surface area (Å²) in [4.78, 5) is 50.4. The highest BCUT2D eigenvalue weighted by atomic mass is 32.1. The highest BCUT2D eigenvalue weighted by molar-refractivity contribution is 7.14. The first kappa shape index (κ1) is 25.6. The van der Waals surface area contributed by atoms with E-state index in [0.717, 1.165) is 10.5 Å². The predicted octanol–water partition coefficient (Wildman–Crippen LogP) is 2.64. The largest absolute Gasteiger partial charge is 0.494 e. The number of hydrogen-bond donors (Lipinski definition) is 3. The zero-order valence-electron chi connectivity index (χ0n) is 18.9. The molecule has 3 N–H and O–H groups in total. The summed E-state index contributed by atoms with van der Waals surface area (Å²) in [5, 5.41) is 23.9. The molecule has 176 valence electrons. The smallest absolute Gasteiger partial charge is 0.322 e. The molecule has 0 aliphatic carbocycles. The highest BCUT2D eigenvalue weighted by Crippen LogP contribution is 2.25. The van der Waals surface area contributed by atoms with E-state index in [1.54, 1.807) is 29.6 Å². The molecule has 1 aromatic carbocycles. The minimum absolute atomic E-state index is 0.0744. The lowest BCUT2D eigenvalue weighted by molar-refractivity contribution is -0.140. The molecule has 0 radical (unpaired) electrons. The van der Waals surface area contributed by atoms with E-state index in [9.17, 15) is 24.3 Å². The van der Waals surface area contributed by atoms with Gasteiger partial charge in [0.25, 0.3) is 11.8 Å². The van der Waals surface area contributed by atoms with E-state index < -0.39 is 35.8 Å². The summed E-state index contributed by atoms with van der Waals surface area (Å²) in [6.07, 6.45) is 0.267. The van der Waals surface area contributed by atoms with Crippen LogP contribution in [0.15, 0.2) is 53.2 Å². The Labute approximate surface area is 195 Å². The van der Waals surface area contributed by atoms with Crippen LogP contribution in [0.5, 0.6) is 0 Å². The fourth-order valence-corrected chi connectivity index (χ4v) is 3.58. The minimum Gasteiger partial charge on any atom is -0.494 e. The summed E-state index contributed by atoms with van der Waals surface area (Å²) in [6, 6.07) is 10.7. The van der Waals surface area contributed by atoms with Crippen molar-refractivity contribution in [2.24, 2.45) is 0 Å². The number of carboxylic acids is 1. The highest BCUT2D eigenvalue weighted by Gasteiger charge is 2.31. The second-order valence-electron chi connectivity index (χ2n) is 8.27. The third kappa shape index (κ3) is 6.66. The van der Waals surface area contributed by atoms with Crippen LogP contribution >= 0.6 is 11.3 Å². The van der Waals surface area contributed by atoms with Crippen LogP contribution in [0.25, 0.3) is 0 Å². The van der Waals surface area contributed by atoms with Gasteiger partial charge in [-0.3, -0.25) is 24.1 Å². The predicted molar refractivity (Wildman–Crippen MR) is 125 cm³/mol. The number of imide groups is 1. The van der Waals surface area contributed by atoms with Gasteiger partial charge in [-0.05, 0) is 34.1 Å². The molecule has 0 aliphatic rings.